The molecule has 0 aliphatic rings. The number of benzene rings is 1. The van der Waals surface area contributed by atoms with Crippen molar-refractivity contribution in [2.24, 2.45) is 4.99 Å². The molecule has 0 radical (unpaired) electrons. The van der Waals surface area contributed by atoms with E-state index in [2.05, 4.69) is 20.6 Å². The van der Waals surface area contributed by atoms with Gasteiger partial charge in [-0.25, -0.2) is 9.37 Å². The quantitative estimate of drug-likeness (QED) is 0.397. The van der Waals surface area contributed by atoms with Crippen molar-refractivity contribution in [1.82, 2.24) is 15.6 Å². The first-order valence-electron chi connectivity index (χ1n) is 7.81. The van der Waals surface area contributed by atoms with Gasteiger partial charge in [-0.1, -0.05) is 12.1 Å². The van der Waals surface area contributed by atoms with Gasteiger partial charge in [-0.3, -0.25) is 4.99 Å². The largest absolute Gasteiger partial charge is 0.481 e. The zero-order chi connectivity index (χ0) is 17.4. The number of guanidine groups is 1. The predicted molar refractivity (Wildman–Crippen MR) is 109 cm³/mol. The Kier molecular flexibility index (Phi) is 9.18. The molecule has 0 bridgehead atoms. The van der Waals surface area contributed by atoms with Crippen molar-refractivity contribution in [1.29, 1.82) is 0 Å². The monoisotopic (exact) mass is 458 g/mol. The summed E-state index contributed by atoms with van der Waals surface area (Å²) in [5.41, 5.74) is 3.03. The van der Waals surface area contributed by atoms with Gasteiger partial charge in [0.2, 0.25) is 5.88 Å². The molecule has 0 spiro atoms. The van der Waals surface area contributed by atoms with Crippen molar-refractivity contribution in [2.75, 3.05) is 20.7 Å². The van der Waals surface area contributed by atoms with Gasteiger partial charge < -0.3 is 15.4 Å². The van der Waals surface area contributed by atoms with E-state index in [9.17, 15) is 4.39 Å². The molecule has 7 heteroatoms. The van der Waals surface area contributed by atoms with Gasteiger partial charge in [0.05, 0.1) is 7.11 Å². The number of nitrogens with one attached hydrogen (secondary N) is 2. The summed E-state index contributed by atoms with van der Waals surface area (Å²) in [4.78, 5) is 8.37. The summed E-state index contributed by atoms with van der Waals surface area (Å²) in [6.07, 6.45) is 2.49. The molecular weight excluding hydrogens is 434 g/mol. The van der Waals surface area contributed by atoms with Crippen LogP contribution in [-0.4, -0.2) is 31.6 Å². The summed E-state index contributed by atoms with van der Waals surface area (Å²) in [6.45, 7) is 3.18. The second-order valence-electron chi connectivity index (χ2n) is 5.35. The molecular formula is C18H24FIN4O. The highest BCUT2D eigenvalue weighted by molar-refractivity contribution is 14.0. The highest BCUT2D eigenvalue weighted by Gasteiger charge is 2.05. The lowest BCUT2D eigenvalue weighted by Crippen LogP contribution is -2.38. The lowest BCUT2D eigenvalue weighted by molar-refractivity contribution is 0.392. The van der Waals surface area contributed by atoms with Crippen LogP contribution in [0.3, 0.4) is 0 Å². The Morgan fingerprint density at radius 3 is 2.72 bits per heavy atom. The molecule has 0 amide bonds. The Hall–Kier alpha value is -1.90. The van der Waals surface area contributed by atoms with Crippen molar-refractivity contribution in [2.45, 2.75) is 19.9 Å². The fourth-order valence-electron chi connectivity index (χ4n) is 2.40. The minimum absolute atomic E-state index is 0. The first-order chi connectivity index (χ1) is 11.6. The number of aliphatic imine (C=N–C) groups is 1. The number of hydrogen-bond donors (Lipinski definition) is 2. The summed E-state index contributed by atoms with van der Waals surface area (Å²) in [7, 11) is 3.32. The summed E-state index contributed by atoms with van der Waals surface area (Å²) in [5, 5.41) is 6.48. The molecule has 5 nitrogen and oxygen atoms in total. The summed E-state index contributed by atoms with van der Waals surface area (Å²) < 4.78 is 18.3. The number of ether oxygens (including phenoxy) is 1. The summed E-state index contributed by atoms with van der Waals surface area (Å²) >= 11 is 0. The molecule has 0 unspecified atom stereocenters. The molecule has 0 fully saturated rings. The normalized spacial score (nSPS) is 10.8. The van der Waals surface area contributed by atoms with Gasteiger partial charge in [0.25, 0.3) is 0 Å². The highest BCUT2D eigenvalue weighted by atomic mass is 127. The van der Waals surface area contributed by atoms with Crippen LogP contribution in [0.2, 0.25) is 0 Å². The van der Waals surface area contributed by atoms with E-state index in [1.165, 1.54) is 6.07 Å². The van der Waals surface area contributed by atoms with Crippen molar-refractivity contribution in [3.63, 3.8) is 0 Å². The fraction of sp³-hybridized carbons (Fsp3) is 0.333. The van der Waals surface area contributed by atoms with Gasteiger partial charge >= 0.3 is 0 Å². The van der Waals surface area contributed by atoms with E-state index in [4.69, 9.17) is 4.74 Å². The number of hydrogen-bond acceptors (Lipinski definition) is 3. The van der Waals surface area contributed by atoms with Crippen LogP contribution in [0, 0.1) is 12.7 Å². The smallest absolute Gasteiger partial charge is 0.218 e. The second-order valence-corrected chi connectivity index (χ2v) is 5.35. The van der Waals surface area contributed by atoms with E-state index in [1.807, 2.05) is 25.1 Å². The Bertz CT molecular complexity index is 709. The van der Waals surface area contributed by atoms with Crippen LogP contribution < -0.4 is 15.4 Å². The van der Waals surface area contributed by atoms with Gasteiger partial charge in [-0.2, -0.15) is 0 Å². The van der Waals surface area contributed by atoms with Crippen LogP contribution in [-0.2, 0) is 13.0 Å². The first-order valence-corrected chi connectivity index (χ1v) is 7.81. The molecule has 1 aromatic carbocycles. The third kappa shape index (κ3) is 6.49. The maximum Gasteiger partial charge on any atom is 0.218 e. The molecule has 0 aliphatic heterocycles. The summed E-state index contributed by atoms with van der Waals surface area (Å²) in [5.74, 6) is 1.09. The van der Waals surface area contributed by atoms with Crippen LogP contribution in [0.5, 0.6) is 5.88 Å². The number of pyridine rings is 1. The van der Waals surface area contributed by atoms with Crippen molar-refractivity contribution in [3.8, 4) is 5.88 Å². The number of methoxy groups -OCH3 is 1. The van der Waals surface area contributed by atoms with Gasteiger partial charge in [0, 0.05) is 31.9 Å². The average Bonchev–Trinajstić information content (AvgIpc) is 2.59. The molecule has 2 N–H and O–H groups in total. The van der Waals surface area contributed by atoms with Crippen LogP contribution in [0.1, 0.15) is 16.7 Å². The second kappa shape index (κ2) is 10.9. The molecule has 1 heterocycles. The molecule has 0 atom stereocenters. The first kappa shape index (κ1) is 21.1. The van der Waals surface area contributed by atoms with Crippen LogP contribution in [0.4, 0.5) is 4.39 Å². The zero-order valence-corrected chi connectivity index (χ0v) is 17.0. The van der Waals surface area contributed by atoms with E-state index < -0.39 is 0 Å². The van der Waals surface area contributed by atoms with Gasteiger partial charge in [0.15, 0.2) is 5.96 Å². The topological polar surface area (TPSA) is 58.5 Å². The minimum atomic E-state index is -0.202. The standard InChI is InChI=1S/C18H23FN4O.HI/c1-13-11-16(19)7-6-14(13)8-10-22-18(20-2)23-12-15-5-4-9-21-17(15)24-3;/h4-7,9,11H,8,10,12H2,1-3H3,(H2,20,22,23);1H. The Labute approximate surface area is 165 Å². The third-order valence-corrected chi connectivity index (χ3v) is 3.70. The van der Waals surface area contributed by atoms with E-state index in [0.29, 0.717) is 24.9 Å². The molecule has 136 valence electrons. The predicted octanol–water partition coefficient (Wildman–Crippen LogP) is 3.06. The van der Waals surface area contributed by atoms with E-state index >= 15 is 0 Å². The Morgan fingerprint density at radius 2 is 2.04 bits per heavy atom. The maximum atomic E-state index is 13.1. The van der Waals surface area contributed by atoms with Crippen LogP contribution >= 0.6 is 24.0 Å². The zero-order valence-electron chi connectivity index (χ0n) is 14.7. The van der Waals surface area contributed by atoms with Crippen molar-refractivity contribution < 1.29 is 9.13 Å². The number of aryl methyl sites for hydroxylation is 1. The number of aromatic nitrogens is 1. The van der Waals surface area contributed by atoms with E-state index in [1.54, 1.807) is 26.4 Å². The highest BCUT2D eigenvalue weighted by Crippen LogP contribution is 2.13. The molecule has 2 aromatic rings. The molecule has 0 aliphatic carbocycles. The Morgan fingerprint density at radius 1 is 1.24 bits per heavy atom. The molecule has 2 rings (SSSR count). The van der Waals surface area contributed by atoms with Gasteiger partial charge in [0.1, 0.15) is 5.82 Å². The number of rotatable bonds is 6. The molecule has 25 heavy (non-hydrogen) atoms. The van der Waals surface area contributed by atoms with E-state index in [0.717, 1.165) is 23.1 Å². The van der Waals surface area contributed by atoms with E-state index in [-0.39, 0.29) is 29.8 Å². The summed E-state index contributed by atoms with van der Waals surface area (Å²) in [6, 6.07) is 8.69. The van der Waals surface area contributed by atoms with Gasteiger partial charge in [-0.15, -0.1) is 24.0 Å². The van der Waals surface area contributed by atoms with Crippen LogP contribution in [0.15, 0.2) is 41.5 Å². The van der Waals surface area contributed by atoms with Gasteiger partial charge in [-0.05, 0) is 42.7 Å². The lowest BCUT2D eigenvalue weighted by atomic mass is 10.1. The molecule has 1 aromatic heterocycles. The number of nitrogens with zero attached hydrogens (tertiary/aromatic N) is 2. The lowest BCUT2D eigenvalue weighted by Gasteiger charge is -2.13. The average molecular weight is 458 g/mol. The maximum absolute atomic E-state index is 13.1. The molecule has 0 saturated carbocycles. The molecule has 0 saturated heterocycles. The third-order valence-electron chi connectivity index (χ3n) is 3.70. The van der Waals surface area contributed by atoms with Crippen LogP contribution in [0.25, 0.3) is 0 Å². The number of halogens is 2. The fourth-order valence-corrected chi connectivity index (χ4v) is 2.40. The van der Waals surface area contributed by atoms with Crippen molar-refractivity contribution >= 4 is 29.9 Å². The minimum Gasteiger partial charge on any atom is -0.481 e. The van der Waals surface area contributed by atoms with Crippen molar-refractivity contribution in [3.05, 3.63) is 59.0 Å². The SMILES string of the molecule is CN=C(NCCc1ccc(F)cc1C)NCc1cccnc1OC.I. The Balaban J connectivity index is 0.00000312.